The van der Waals surface area contributed by atoms with Crippen molar-refractivity contribution in [1.82, 2.24) is 14.9 Å². The van der Waals surface area contributed by atoms with E-state index in [1.165, 1.54) is 12.8 Å². The highest BCUT2D eigenvalue weighted by Gasteiger charge is 2.31. The molecule has 20 heavy (non-hydrogen) atoms. The lowest BCUT2D eigenvalue weighted by atomic mass is 10.2. The standard InChI is InChI=1S/C13H18N6S/c14-17-13-15-11(10-3-8-20-12(10)16-13)19-6-4-18(5-7-19)9-1-2-9/h3,8-9H,1-2,4-7,14H2,(H,15,16,17). The average molecular weight is 290 g/mol. The van der Waals surface area contributed by atoms with Gasteiger partial charge >= 0.3 is 0 Å². The number of thiophene rings is 1. The molecule has 1 saturated heterocycles. The van der Waals surface area contributed by atoms with Crippen LogP contribution in [0.2, 0.25) is 0 Å². The van der Waals surface area contributed by atoms with Gasteiger partial charge < -0.3 is 4.90 Å². The summed E-state index contributed by atoms with van der Waals surface area (Å²) in [7, 11) is 0. The third-order valence-corrected chi connectivity index (χ3v) is 4.92. The molecule has 106 valence electrons. The van der Waals surface area contributed by atoms with E-state index in [9.17, 15) is 0 Å². The van der Waals surface area contributed by atoms with Gasteiger partial charge in [-0.1, -0.05) is 0 Å². The van der Waals surface area contributed by atoms with Gasteiger partial charge in [-0.25, -0.2) is 10.8 Å². The summed E-state index contributed by atoms with van der Waals surface area (Å²) >= 11 is 1.63. The molecule has 2 aliphatic rings. The zero-order chi connectivity index (χ0) is 13.5. The highest BCUT2D eigenvalue weighted by molar-refractivity contribution is 7.16. The molecule has 3 heterocycles. The monoisotopic (exact) mass is 290 g/mol. The SMILES string of the molecule is NNc1nc(N2CCN(C3CC3)CC2)c2ccsc2n1. The quantitative estimate of drug-likeness (QED) is 0.655. The van der Waals surface area contributed by atoms with E-state index in [0.717, 1.165) is 48.3 Å². The Morgan fingerprint density at radius 3 is 2.70 bits per heavy atom. The maximum absolute atomic E-state index is 5.48. The number of nitrogens with zero attached hydrogens (tertiary/aromatic N) is 4. The summed E-state index contributed by atoms with van der Waals surface area (Å²) in [4.78, 5) is 14.9. The van der Waals surface area contributed by atoms with Gasteiger partial charge in [0.25, 0.3) is 0 Å². The van der Waals surface area contributed by atoms with Crippen LogP contribution in [0.1, 0.15) is 12.8 Å². The fourth-order valence-corrected chi connectivity index (χ4v) is 3.64. The number of hydrazine groups is 1. The first-order valence-electron chi connectivity index (χ1n) is 7.06. The van der Waals surface area contributed by atoms with Crippen LogP contribution in [0.15, 0.2) is 11.4 Å². The highest BCUT2D eigenvalue weighted by atomic mass is 32.1. The van der Waals surface area contributed by atoms with E-state index in [0.29, 0.717) is 5.95 Å². The summed E-state index contributed by atoms with van der Waals surface area (Å²) < 4.78 is 0. The lowest BCUT2D eigenvalue weighted by Gasteiger charge is -2.35. The van der Waals surface area contributed by atoms with E-state index in [1.54, 1.807) is 11.3 Å². The second-order valence-corrected chi connectivity index (χ2v) is 6.30. The third-order valence-electron chi connectivity index (χ3n) is 4.11. The van der Waals surface area contributed by atoms with E-state index in [4.69, 9.17) is 5.84 Å². The van der Waals surface area contributed by atoms with Crippen LogP contribution in [0.5, 0.6) is 0 Å². The molecule has 0 radical (unpaired) electrons. The van der Waals surface area contributed by atoms with Crippen molar-refractivity contribution >= 4 is 33.3 Å². The third kappa shape index (κ3) is 2.11. The number of rotatable bonds is 3. The first kappa shape index (κ1) is 12.3. The minimum atomic E-state index is 0.500. The molecule has 0 unspecified atom stereocenters. The fourth-order valence-electron chi connectivity index (χ4n) is 2.88. The lowest BCUT2D eigenvalue weighted by Crippen LogP contribution is -2.47. The Labute approximate surface area is 121 Å². The first-order chi connectivity index (χ1) is 9.85. The van der Waals surface area contributed by atoms with E-state index >= 15 is 0 Å². The first-order valence-corrected chi connectivity index (χ1v) is 7.94. The van der Waals surface area contributed by atoms with Gasteiger partial charge in [0.15, 0.2) is 0 Å². The summed E-state index contributed by atoms with van der Waals surface area (Å²) in [5.74, 6) is 6.99. The molecule has 0 atom stereocenters. The Balaban J connectivity index is 1.62. The Morgan fingerprint density at radius 2 is 2.00 bits per heavy atom. The van der Waals surface area contributed by atoms with Gasteiger partial charge in [-0.2, -0.15) is 4.98 Å². The largest absolute Gasteiger partial charge is 0.353 e. The number of hydrogen-bond acceptors (Lipinski definition) is 7. The molecule has 0 aromatic carbocycles. The van der Waals surface area contributed by atoms with Gasteiger partial charge in [-0.05, 0) is 24.3 Å². The topological polar surface area (TPSA) is 70.3 Å². The summed E-state index contributed by atoms with van der Waals surface area (Å²) in [5.41, 5.74) is 2.57. The number of nitrogens with two attached hydrogens (primary N) is 1. The molecule has 1 aliphatic carbocycles. The van der Waals surface area contributed by atoms with E-state index in [2.05, 4.69) is 36.6 Å². The normalized spacial score (nSPS) is 20.6. The van der Waals surface area contributed by atoms with Crippen molar-refractivity contribution in [2.75, 3.05) is 36.5 Å². The summed E-state index contributed by atoms with van der Waals surface area (Å²) in [6.45, 7) is 4.32. The number of hydrogen-bond donors (Lipinski definition) is 2. The predicted octanol–water partition coefficient (Wildman–Crippen LogP) is 1.26. The Morgan fingerprint density at radius 1 is 1.20 bits per heavy atom. The van der Waals surface area contributed by atoms with Gasteiger partial charge in [0.05, 0.1) is 5.39 Å². The maximum Gasteiger partial charge on any atom is 0.240 e. The van der Waals surface area contributed by atoms with Gasteiger partial charge in [-0.15, -0.1) is 11.3 Å². The number of nitrogens with one attached hydrogen (secondary N) is 1. The smallest absolute Gasteiger partial charge is 0.240 e. The predicted molar refractivity (Wildman–Crippen MR) is 82.0 cm³/mol. The summed E-state index contributed by atoms with van der Waals surface area (Å²) in [5, 5.41) is 3.19. The Kier molecular flexibility index (Phi) is 2.98. The average Bonchev–Trinajstić information content (AvgIpc) is 3.24. The van der Waals surface area contributed by atoms with Gasteiger partial charge in [0.2, 0.25) is 5.95 Å². The molecular weight excluding hydrogens is 272 g/mol. The van der Waals surface area contributed by atoms with Crippen molar-refractivity contribution in [3.8, 4) is 0 Å². The lowest BCUT2D eigenvalue weighted by molar-refractivity contribution is 0.248. The molecule has 3 N–H and O–H groups in total. The zero-order valence-corrected chi connectivity index (χ0v) is 12.1. The van der Waals surface area contributed by atoms with Crippen LogP contribution in [-0.4, -0.2) is 47.1 Å². The van der Waals surface area contributed by atoms with Crippen LogP contribution in [0, 0.1) is 0 Å². The number of piperazine rings is 1. The summed E-state index contributed by atoms with van der Waals surface area (Å²) in [6, 6.07) is 2.95. The molecule has 4 rings (SSSR count). The van der Waals surface area contributed by atoms with Crippen molar-refractivity contribution in [3.05, 3.63) is 11.4 Å². The van der Waals surface area contributed by atoms with Gasteiger partial charge in [0.1, 0.15) is 10.6 Å². The molecule has 0 spiro atoms. The number of anilines is 2. The Hall–Kier alpha value is -1.44. The van der Waals surface area contributed by atoms with Crippen LogP contribution in [-0.2, 0) is 0 Å². The van der Waals surface area contributed by atoms with Crippen molar-refractivity contribution in [1.29, 1.82) is 0 Å². The van der Waals surface area contributed by atoms with Crippen LogP contribution in [0.4, 0.5) is 11.8 Å². The van der Waals surface area contributed by atoms with Crippen molar-refractivity contribution in [2.45, 2.75) is 18.9 Å². The maximum atomic E-state index is 5.48. The van der Waals surface area contributed by atoms with Gasteiger partial charge in [-0.3, -0.25) is 10.3 Å². The summed E-state index contributed by atoms with van der Waals surface area (Å²) in [6.07, 6.45) is 2.76. The number of nitrogen functional groups attached to an aromatic ring is 1. The molecule has 2 aromatic heterocycles. The number of aromatic nitrogens is 2. The van der Waals surface area contributed by atoms with E-state index in [1.807, 2.05) is 0 Å². The zero-order valence-electron chi connectivity index (χ0n) is 11.2. The molecule has 2 fully saturated rings. The molecule has 7 heteroatoms. The number of fused-ring (bicyclic) bond motifs is 1. The Bertz CT molecular complexity index is 614. The molecule has 0 amide bonds. The minimum absolute atomic E-state index is 0.500. The van der Waals surface area contributed by atoms with Crippen LogP contribution in [0.3, 0.4) is 0 Å². The molecule has 0 bridgehead atoms. The molecule has 1 aliphatic heterocycles. The molecule has 6 nitrogen and oxygen atoms in total. The van der Waals surface area contributed by atoms with Crippen molar-refractivity contribution in [3.63, 3.8) is 0 Å². The van der Waals surface area contributed by atoms with Crippen molar-refractivity contribution in [2.24, 2.45) is 5.84 Å². The van der Waals surface area contributed by atoms with Crippen molar-refractivity contribution < 1.29 is 0 Å². The second-order valence-electron chi connectivity index (χ2n) is 5.41. The van der Waals surface area contributed by atoms with Crippen LogP contribution >= 0.6 is 11.3 Å². The molecular formula is C13H18N6S. The molecule has 2 aromatic rings. The van der Waals surface area contributed by atoms with Crippen LogP contribution < -0.4 is 16.2 Å². The van der Waals surface area contributed by atoms with Gasteiger partial charge in [0, 0.05) is 32.2 Å². The second kappa shape index (κ2) is 4.83. The van der Waals surface area contributed by atoms with Crippen LogP contribution in [0.25, 0.3) is 10.2 Å². The van der Waals surface area contributed by atoms with E-state index < -0.39 is 0 Å². The fraction of sp³-hybridized carbons (Fsp3) is 0.538. The minimum Gasteiger partial charge on any atom is -0.353 e. The highest BCUT2D eigenvalue weighted by Crippen LogP contribution is 2.31. The molecule has 1 saturated carbocycles. The van der Waals surface area contributed by atoms with E-state index in [-0.39, 0.29) is 0 Å².